The summed E-state index contributed by atoms with van der Waals surface area (Å²) in [5.74, 6) is -3.62. The summed E-state index contributed by atoms with van der Waals surface area (Å²) in [5, 5.41) is 28.6. The van der Waals surface area contributed by atoms with E-state index in [9.17, 15) is 27.8 Å². The second-order valence-corrected chi connectivity index (χ2v) is 6.81. The molecule has 166 valence electrons. The number of anilines is 1. The minimum Gasteiger partial charge on any atom is -0.436 e. The molecule has 4 rings (SSSR count). The number of rotatable bonds is 7. The second kappa shape index (κ2) is 8.81. The fraction of sp³-hybridized carbons (Fsp3) is 0.143. The summed E-state index contributed by atoms with van der Waals surface area (Å²) < 4.78 is 60.7. The molecule has 0 spiro atoms. The number of pyridine rings is 1. The molecule has 4 N–H and O–H groups in total. The zero-order valence-electron chi connectivity index (χ0n) is 16.2. The Hall–Kier alpha value is -3.70. The highest BCUT2D eigenvalue weighted by Crippen LogP contribution is 2.36. The number of H-pyrrole nitrogens is 1. The summed E-state index contributed by atoms with van der Waals surface area (Å²) in [6.07, 6.45) is 0. The average Bonchev–Trinajstić information content (AvgIpc) is 3.19. The van der Waals surface area contributed by atoms with Gasteiger partial charge in [-0.15, -0.1) is 0 Å². The molecule has 0 radical (unpaired) electrons. The first kappa shape index (κ1) is 21.5. The number of aromatic amines is 1. The molecule has 0 saturated heterocycles. The van der Waals surface area contributed by atoms with E-state index in [-0.39, 0.29) is 39.6 Å². The normalized spacial score (nSPS) is 11.3. The van der Waals surface area contributed by atoms with Crippen molar-refractivity contribution in [2.75, 3.05) is 18.5 Å². The van der Waals surface area contributed by atoms with Crippen molar-refractivity contribution in [3.8, 4) is 22.9 Å². The number of aromatic nitrogens is 3. The summed E-state index contributed by atoms with van der Waals surface area (Å²) in [6.45, 7) is -0.908. The van der Waals surface area contributed by atoms with Gasteiger partial charge < -0.3 is 20.3 Å². The molecule has 0 atom stereocenters. The zero-order valence-corrected chi connectivity index (χ0v) is 16.2. The van der Waals surface area contributed by atoms with Crippen LogP contribution in [-0.4, -0.2) is 44.7 Å². The molecule has 7 nitrogen and oxygen atoms in total. The molecule has 2 aromatic carbocycles. The molecular formula is C21H16F4N4O3. The van der Waals surface area contributed by atoms with Crippen LogP contribution in [0.2, 0.25) is 0 Å². The largest absolute Gasteiger partial charge is 0.436 e. The van der Waals surface area contributed by atoms with Gasteiger partial charge in [-0.25, -0.2) is 17.6 Å². The van der Waals surface area contributed by atoms with E-state index in [1.807, 2.05) is 0 Å². The molecule has 0 fully saturated rings. The number of nitrogens with one attached hydrogen (secondary N) is 2. The number of halogens is 4. The molecular weight excluding hydrogens is 432 g/mol. The molecule has 2 aromatic heterocycles. The van der Waals surface area contributed by atoms with Crippen LogP contribution in [0.3, 0.4) is 0 Å². The van der Waals surface area contributed by atoms with Gasteiger partial charge in [0.05, 0.1) is 30.3 Å². The summed E-state index contributed by atoms with van der Waals surface area (Å²) >= 11 is 0. The monoisotopic (exact) mass is 448 g/mol. The van der Waals surface area contributed by atoms with Crippen LogP contribution in [0.15, 0.2) is 42.5 Å². The highest BCUT2D eigenvalue weighted by molar-refractivity contribution is 6.01. The summed E-state index contributed by atoms with van der Waals surface area (Å²) in [5.41, 5.74) is 0.124. The number of nitrogens with zero attached hydrogens (tertiary/aromatic N) is 2. The fourth-order valence-electron chi connectivity index (χ4n) is 3.09. The van der Waals surface area contributed by atoms with Crippen molar-refractivity contribution in [2.45, 2.75) is 6.04 Å². The summed E-state index contributed by atoms with van der Waals surface area (Å²) in [7, 11) is 0. The van der Waals surface area contributed by atoms with Gasteiger partial charge >= 0.3 is 0 Å². The first-order valence-electron chi connectivity index (χ1n) is 9.35. The van der Waals surface area contributed by atoms with Crippen molar-refractivity contribution in [3.05, 3.63) is 65.7 Å². The third-order valence-electron chi connectivity index (χ3n) is 4.60. The molecule has 32 heavy (non-hydrogen) atoms. The van der Waals surface area contributed by atoms with Crippen LogP contribution >= 0.6 is 0 Å². The Morgan fingerprint density at radius 1 is 0.938 bits per heavy atom. The van der Waals surface area contributed by atoms with E-state index in [0.717, 1.165) is 30.3 Å². The number of benzene rings is 2. The van der Waals surface area contributed by atoms with Gasteiger partial charge in [-0.1, -0.05) is 0 Å². The maximum atomic E-state index is 14.4. The SMILES string of the molecule is OCC(CO)Nc1cc(Oc2ccc(F)cc2F)nc2[nH]nc(-c3cc(F)ccc3F)c12. The number of ether oxygens (including phenoxy) is 1. The first-order valence-corrected chi connectivity index (χ1v) is 9.35. The third-order valence-corrected chi connectivity index (χ3v) is 4.60. The van der Waals surface area contributed by atoms with Crippen molar-refractivity contribution in [1.82, 2.24) is 15.2 Å². The Morgan fingerprint density at radius 3 is 2.38 bits per heavy atom. The van der Waals surface area contributed by atoms with Crippen LogP contribution in [0, 0.1) is 23.3 Å². The Balaban J connectivity index is 1.86. The fourth-order valence-corrected chi connectivity index (χ4v) is 3.09. The number of hydrogen-bond acceptors (Lipinski definition) is 6. The first-order chi connectivity index (χ1) is 15.4. The molecule has 0 amide bonds. The summed E-state index contributed by atoms with van der Waals surface area (Å²) in [6, 6.07) is 6.08. The Morgan fingerprint density at radius 2 is 1.66 bits per heavy atom. The van der Waals surface area contributed by atoms with E-state index in [1.165, 1.54) is 6.07 Å². The molecule has 2 heterocycles. The quantitative estimate of drug-likeness (QED) is 0.321. The Bertz CT molecular complexity index is 1280. The van der Waals surface area contributed by atoms with Gasteiger partial charge in [-0.05, 0) is 30.3 Å². The smallest absolute Gasteiger partial charge is 0.223 e. The van der Waals surface area contributed by atoms with E-state index in [1.54, 1.807) is 0 Å². The van der Waals surface area contributed by atoms with Crippen LogP contribution in [0.1, 0.15) is 0 Å². The number of fused-ring (bicyclic) bond motifs is 1. The lowest BCUT2D eigenvalue weighted by Crippen LogP contribution is -2.27. The molecule has 0 bridgehead atoms. The van der Waals surface area contributed by atoms with Crippen molar-refractivity contribution in [3.63, 3.8) is 0 Å². The zero-order chi connectivity index (χ0) is 22.8. The lowest BCUT2D eigenvalue weighted by atomic mass is 10.1. The number of aliphatic hydroxyl groups excluding tert-OH is 2. The van der Waals surface area contributed by atoms with E-state index in [4.69, 9.17) is 4.74 Å². The van der Waals surface area contributed by atoms with Crippen molar-refractivity contribution >= 4 is 16.7 Å². The van der Waals surface area contributed by atoms with E-state index in [2.05, 4.69) is 20.5 Å². The van der Waals surface area contributed by atoms with Crippen LogP contribution < -0.4 is 10.1 Å². The molecule has 0 unspecified atom stereocenters. The predicted octanol–water partition coefficient (Wildman–Crippen LogP) is 3.74. The van der Waals surface area contributed by atoms with Gasteiger partial charge in [-0.3, -0.25) is 5.10 Å². The number of hydrogen-bond donors (Lipinski definition) is 4. The van der Waals surface area contributed by atoms with Crippen LogP contribution in [-0.2, 0) is 0 Å². The third kappa shape index (κ3) is 4.20. The topological polar surface area (TPSA) is 103 Å². The maximum absolute atomic E-state index is 14.4. The van der Waals surface area contributed by atoms with Crippen molar-refractivity contribution in [2.24, 2.45) is 0 Å². The number of aliphatic hydroxyl groups is 2. The standard InChI is InChI=1S/C21H16F4N4O3/c22-10-1-3-14(24)13(5-10)20-19-16(26-12(8-30)9-31)7-18(27-21(19)29-28-20)32-17-4-2-11(23)6-15(17)25/h1-7,12,30-31H,8-9H2,(H2,26,27,28,29). The molecule has 4 aromatic rings. The average molecular weight is 448 g/mol. The highest BCUT2D eigenvalue weighted by Gasteiger charge is 2.21. The predicted molar refractivity (Wildman–Crippen MR) is 107 cm³/mol. The summed E-state index contributed by atoms with van der Waals surface area (Å²) in [4.78, 5) is 4.17. The Labute approximate surface area is 178 Å². The molecule has 0 aliphatic carbocycles. The van der Waals surface area contributed by atoms with Gasteiger partial charge in [-0.2, -0.15) is 10.1 Å². The van der Waals surface area contributed by atoms with Gasteiger partial charge in [0.1, 0.15) is 23.1 Å². The van der Waals surface area contributed by atoms with Gasteiger partial charge in [0.15, 0.2) is 17.2 Å². The van der Waals surface area contributed by atoms with Crippen LogP contribution in [0.4, 0.5) is 23.2 Å². The van der Waals surface area contributed by atoms with Crippen LogP contribution in [0.25, 0.3) is 22.3 Å². The van der Waals surface area contributed by atoms with Gasteiger partial charge in [0.2, 0.25) is 5.88 Å². The van der Waals surface area contributed by atoms with Crippen molar-refractivity contribution < 1.29 is 32.5 Å². The van der Waals surface area contributed by atoms with Gasteiger partial charge in [0, 0.05) is 17.7 Å². The van der Waals surface area contributed by atoms with Crippen LogP contribution in [0.5, 0.6) is 11.6 Å². The second-order valence-electron chi connectivity index (χ2n) is 6.81. The lowest BCUT2D eigenvalue weighted by molar-refractivity contribution is 0.204. The minimum absolute atomic E-state index is 0.0149. The lowest BCUT2D eigenvalue weighted by Gasteiger charge is -2.17. The highest BCUT2D eigenvalue weighted by atomic mass is 19.1. The van der Waals surface area contributed by atoms with Crippen molar-refractivity contribution in [1.29, 1.82) is 0 Å². The van der Waals surface area contributed by atoms with E-state index >= 15 is 0 Å². The maximum Gasteiger partial charge on any atom is 0.223 e. The molecule has 0 aliphatic heterocycles. The molecule has 11 heteroatoms. The van der Waals surface area contributed by atoms with E-state index < -0.39 is 42.5 Å². The molecule has 0 aliphatic rings. The van der Waals surface area contributed by atoms with E-state index in [0.29, 0.717) is 6.07 Å². The van der Waals surface area contributed by atoms with Gasteiger partial charge in [0.25, 0.3) is 0 Å². The Kier molecular flexibility index (Phi) is 5.93. The minimum atomic E-state index is -0.961. The molecule has 0 saturated carbocycles.